The van der Waals surface area contributed by atoms with E-state index in [4.69, 9.17) is 18.9 Å². The zero-order chi connectivity index (χ0) is 20.5. The van der Waals surface area contributed by atoms with Gasteiger partial charge in [0.05, 0.1) is 27.4 Å². The first-order valence-electron chi connectivity index (χ1n) is 9.15. The number of nitrogens with zero attached hydrogens (tertiary/aromatic N) is 2. The fourth-order valence-corrected chi connectivity index (χ4v) is 2.73. The van der Waals surface area contributed by atoms with E-state index in [1.54, 1.807) is 47.6 Å². The van der Waals surface area contributed by atoms with Gasteiger partial charge in [-0.25, -0.2) is 4.99 Å². The molecule has 1 aliphatic rings. The van der Waals surface area contributed by atoms with E-state index in [1.807, 2.05) is 0 Å². The van der Waals surface area contributed by atoms with Crippen molar-refractivity contribution in [3.8, 4) is 17.2 Å². The molecule has 1 unspecified atom stereocenters. The molecule has 2 rings (SSSR count). The van der Waals surface area contributed by atoms with Crippen molar-refractivity contribution in [3.05, 3.63) is 12.1 Å². The Morgan fingerprint density at radius 1 is 1.21 bits per heavy atom. The van der Waals surface area contributed by atoms with Crippen LogP contribution in [-0.4, -0.2) is 78.0 Å². The number of anilines is 1. The standard InChI is InChI=1S/C19H30N4O5.HI/c1-23(2)17(24)12-21-19(20-11-14-7-6-8-28-14)22-13-9-15(25-3)18(27-5)16(10-13)26-4;/h9-10,14H,6-8,11-12H2,1-5H3,(H2,20,21,22);1H. The maximum Gasteiger partial charge on any atom is 0.243 e. The van der Waals surface area contributed by atoms with Crippen LogP contribution in [0.1, 0.15) is 12.8 Å². The third-order valence-corrected chi connectivity index (χ3v) is 4.32. The van der Waals surface area contributed by atoms with Gasteiger partial charge in [0.1, 0.15) is 6.54 Å². The highest BCUT2D eigenvalue weighted by Crippen LogP contribution is 2.39. The molecule has 1 aliphatic heterocycles. The van der Waals surface area contributed by atoms with Crippen molar-refractivity contribution in [1.82, 2.24) is 10.2 Å². The molecule has 164 valence electrons. The van der Waals surface area contributed by atoms with Crippen LogP contribution in [0.4, 0.5) is 5.69 Å². The highest BCUT2D eigenvalue weighted by Gasteiger charge is 2.17. The van der Waals surface area contributed by atoms with Crippen LogP contribution < -0.4 is 24.8 Å². The summed E-state index contributed by atoms with van der Waals surface area (Å²) >= 11 is 0. The van der Waals surface area contributed by atoms with Crippen LogP contribution in [-0.2, 0) is 9.53 Å². The number of carbonyl (C=O) groups is 1. The van der Waals surface area contributed by atoms with Crippen LogP contribution in [0.15, 0.2) is 17.1 Å². The van der Waals surface area contributed by atoms with E-state index in [9.17, 15) is 4.79 Å². The molecule has 1 heterocycles. The number of amides is 1. The summed E-state index contributed by atoms with van der Waals surface area (Å²) in [5, 5.41) is 6.43. The summed E-state index contributed by atoms with van der Waals surface area (Å²) in [7, 11) is 8.06. The van der Waals surface area contributed by atoms with Crippen LogP contribution in [0.3, 0.4) is 0 Å². The first-order valence-corrected chi connectivity index (χ1v) is 9.15. The summed E-state index contributed by atoms with van der Waals surface area (Å²) in [5.41, 5.74) is 0.686. The molecule has 0 saturated carbocycles. The summed E-state index contributed by atoms with van der Waals surface area (Å²) in [5.74, 6) is 1.92. The van der Waals surface area contributed by atoms with Gasteiger partial charge in [-0.15, -0.1) is 24.0 Å². The van der Waals surface area contributed by atoms with Gasteiger partial charge < -0.3 is 34.5 Å². The van der Waals surface area contributed by atoms with Crippen molar-refractivity contribution in [2.45, 2.75) is 18.9 Å². The molecule has 9 nitrogen and oxygen atoms in total. The maximum absolute atomic E-state index is 11.9. The molecule has 2 N–H and O–H groups in total. The molecule has 1 atom stereocenters. The lowest BCUT2D eigenvalue weighted by Crippen LogP contribution is -2.37. The number of hydrogen-bond donors (Lipinski definition) is 2. The molecule has 1 aromatic carbocycles. The minimum absolute atomic E-state index is 0. The molecule has 1 saturated heterocycles. The lowest BCUT2D eigenvalue weighted by atomic mass is 10.2. The Labute approximate surface area is 189 Å². The Kier molecular flexibility index (Phi) is 10.9. The van der Waals surface area contributed by atoms with Gasteiger partial charge in [0.2, 0.25) is 11.7 Å². The van der Waals surface area contributed by atoms with Crippen LogP contribution >= 0.6 is 24.0 Å². The average molecular weight is 522 g/mol. The molecule has 0 aromatic heterocycles. The van der Waals surface area contributed by atoms with Gasteiger partial charge in [-0.05, 0) is 12.8 Å². The maximum atomic E-state index is 11.9. The molecule has 1 aromatic rings. The third-order valence-electron chi connectivity index (χ3n) is 4.32. The number of rotatable bonds is 8. The second-order valence-corrected chi connectivity index (χ2v) is 6.51. The van der Waals surface area contributed by atoms with E-state index >= 15 is 0 Å². The van der Waals surface area contributed by atoms with E-state index in [2.05, 4.69) is 15.6 Å². The number of methoxy groups -OCH3 is 3. The number of nitrogens with one attached hydrogen (secondary N) is 2. The second-order valence-electron chi connectivity index (χ2n) is 6.51. The van der Waals surface area contributed by atoms with E-state index < -0.39 is 0 Å². The number of hydrogen-bond acceptors (Lipinski definition) is 6. The Balaban J connectivity index is 0.00000420. The molecular formula is C19H31IN4O5. The van der Waals surface area contributed by atoms with Crippen molar-refractivity contribution < 1.29 is 23.7 Å². The summed E-state index contributed by atoms with van der Waals surface area (Å²) in [6.45, 7) is 1.41. The van der Waals surface area contributed by atoms with E-state index in [-0.39, 0.29) is 42.5 Å². The number of carbonyl (C=O) groups excluding carboxylic acids is 1. The predicted molar refractivity (Wildman–Crippen MR) is 123 cm³/mol. The van der Waals surface area contributed by atoms with Crippen LogP contribution in [0.5, 0.6) is 17.2 Å². The van der Waals surface area contributed by atoms with Gasteiger partial charge in [-0.3, -0.25) is 4.79 Å². The zero-order valence-electron chi connectivity index (χ0n) is 17.6. The molecule has 0 bridgehead atoms. The number of guanidine groups is 1. The lowest BCUT2D eigenvalue weighted by molar-refractivity contribution is -0.127. The summed E-state index contributed by atoms with van der Waals surface area (Å²) in [6.07, 6.45) is 2.19. The minimum Gasteiger partial charge on any atom is -0.493 e. The van der Waals surface area contributed by atoms with Crippen molar-refractivity contribution in [3.63, 3.8) is 0 Å². The first-order chi connectivity index (χ1) is 13.5. The molecule has 10 heteroatoms. The highest BCUT2D eigenvalue weighted by atomic mass is 127. The molecule has 0 radical (unpaired) electrons. The third kappa shape index (κ3) is 7.42. The number of halogens is 1. The SMILES string of the molecule is COc1cc(NC(=NCC(=O)N(C)C)NCC2CCCO2)cc(OC)c1OC.I. The topological polar surface area (TPSA) is 93.7 Å². The van der Waals surface area contributed by atoms with Gasteiger partial charge in [0, 0.05) is 45.1 Å². The van der Waals surface area contributed by atoms with Gasteiger partial charge in [0.15, 0.2) is 17.5 Å². The monoisotopic (exact) mass is 522 g/mol. The van der Waals surface area contributed by atoms with E-state index in [0.717, 1.165) is 19.4 Å². The molecule has 1 fully saturated rings. The largest absolute Gasteiger partial charge is 0.493 e. The van der Waals surface area contributed by atoms with Crippen LogP contribution in [0, 0.1) is 0 Å². The van der Waals surface area contributed by atoms with Gasteiger partial charge >= 0.3 is 0 Å². The minimum atomic E-state index is -0.0943. The quantitative estimate of drug-likeness (QED) is 0.306. The molecule has 1 amide bonds. The number of ether oxygens (including phenoxy) is 4. The smallest absolute Gasteiger partial charge is 0.243 e. The van der Waals surface area contributed by atoms with Crippen molar-refractivity contribution in [1.29, 1.82) is 0 Å². The summed E-state index contributed by atoms with van der Waals surface area (Å²) in [6, 6.07) is 3.55. The number of aliphatic imine (C=N–C) groups is 1. The summed E-state index contributed by atoms with van der Waals surface area (Å²) < 4.78 is 21.8. The fourth-order valence-electron chi connectivity index (χ4n) is 2.73. The Morgan fingerprint density at radius 3 is 2.34 bits per heavy atom. The van der Waals surface area contributed by atoms with Gasteiger partial charge in [0.25, 0.3) is 0 Å². The Morgan fingerprint density at radius 2 is 1.86 bits per heavy atom. The second kappa shape index (κ2) is 12.6. The van der Waals surface area contributed by atoms with Gasteiger partial charge in [-0.2, -0.15) is 0 Å². The normalized spacial score (nSPS) is 15.9. The van der Waals surface area contributed by atoms with E-state index in [0.29, 0.717) is 35.4 Å². The van der Waals surface area contributed by atoms with Crippen LogP contribution in [0.2, 0.25) is 0 Å². The zero-order valence-corrected chi connectivity index (χ0v) is 19.9. The van der Waals surface area contributed by atoms with Crippen molar-refractivity contribution in [2.24, 2.45) is 4.99 Å². The average Bonchev–Trinajstić information content (AvgIpc) is 3.22. The van der Waals surface area contributed by atoms with Crippen LogP contribution in [0.25, 0.3) is 0 Å². The first kappa shape index (κ1) is 25.1. The van der Waals surface area contributed by atoms with E-state index in [1.165, 1.54) is 4.90 Å². The fraction of sp³-hybridized carbons (Fsp3) is 0.579. The predicted octanol–water partition coefficient (Wildman–Crippen LogP) is 1.96. The van der Waals surface area contributed by atoms with Crippen molar-refractivity contribution >= 4 is 41.5 Å². The molecule has 29 heavy (non-hydrogen) atoms. The Bertz CT molecular complexity index is 668. The summed E-state index contributed by atoms with van der Waals surface area (Å²) in [4.78, 5) is 17.8. The Hall–Kier alpha value is -1.95. The molecular weight excluding hydrogens is 491 g/mol. The molecule has 0 spiro atoms. The highest BCUT2D eigenvalue weighted by molar-refractivity contribution is 14.0. The van der Waals surface area contributed by atoms with Crippen molar-refractivity contribution in [2.75, 3.05) is 60.4 Å². The number of benzene rings is 1. The molecule has 0 aliphatic carbocycles. The van der Waals surface area contributed by atoms with Gasteiger partial charge in [-0.1, -0.05) is 0 Å². The number of likely N-dealkylation sites (N-methyl/N-ethyl adjacent to an activating group) is 1. The lowest BCUT2D eigenvalue weighted by Gasteiger charge is -2.18.